The van der Waals surface area contributed by atoms with Crippen molar-refractivity contribution in [3.8, 4) is 11.3 Å². The lowest BCUT2D eigenvalue weighted by molar-refractivity contribution is -0.155. The maximum atomic E-state index is 14.7. The standard InChI is InChI=1S/C39H42F6N4O3S/c1-24(2)53(51,52)32-16-10-15-29-33(37(50)47-36(39(43,44)45)26-11-5-4-6-12-26)30(23-48-20-17-31(25(3)22-48)49-18-7-8-19-49)34(46-35(29)32)27-13-9-14-28(21-27)38(40,41)42/h4-6,9-16,21,24-25,31,36H,7-8,17-20,22-23H2,1-3H3,(H,47,50)/t25?,31?,36-/m1/s1. The van der Waals surface area contributed by atoms with Gasteiger partial charge in [-0.15, -0.1) is 0 Å². The normalized spacial score (nSPS) is 19.9. The zero-order valence-electron chi connectivity index (χ0n) is 29.6. The van der Waals surface area contributed by atoms with Crippen molar-refractivity contribution in [2.24, 2.45) is 5.92 Å². The number of piperidine rings is 1. The van der Waals surface area contributed by atoms with E-state index in [4.69, 9.17) is 4.98 Å². The molecule has 53 heavy (non-hydrogen) atoms. The minimum Gasteiger partial charge on any atom is -0.337 e. The fourth-order valence-electron chi connectivity index (χ4n) is 7.68. The van der Waals surface area contributed by atoms with Crippen LogP contribution in [0.2, 0.25) is 0 Å². The lowest BCUT2D eigenvalue weighted by Crippen LogP contribution is -2.49. The maximum Gasteiger partial charge on any atom is 0.416 e. The van der Waals surface area contributed by atoms with Gasteiger partial charge in [-0.05, 0) is 82.4 Å². The van der Waals surface area contributed by atoms with E-state index in [2.05, 4.69) is 17.1 Å². The average Bonchev–Trinajstić information content (AvgIpc) is 3.64. The molecule has 7 nitrogen and oxygen atoms in total. The number of alkyl halides is 6. The van der Waals surface area contributed by atoms with Gasteiger partial charge in [-0.3, -0.25) is 9.69 Å². The van der Waals surface area contributed by atoms with E-state index in [0.29, 0.717) is 19.1 Å². The number of halogens is 6. The molecule has 3 aromatic carbocycles. The second kappa shape index (κ2) is 15.0. The van der Waals surface area contributed by atoms with E-state index in [1.807, 2.05) is 4.90 Å². The number of hydrogen-bond donors (Lipinski definition) is 1. The quantitative estimate of drug-likeness (QED) is 0.173. The minimum absolute atomic E-state index is 0.0241. The molecule has 0 aliphatic carbocycles. The minimum atomic E-state index is -4.93. The van der Waals surface area contributed by atoms with E-state index < -0.39 is 45.0 Å². The Balaban J connectivity index is 1.59. The van der Waals surface area contributed by atoms with Gasteiger partial charge in [0, 0.05) is 35.6 Å². The summed E-state index contributed by atoms with van der Waals surface area (Å²) in [5.74, 6) is -0.981. The van der Waals surface area contributed by atoms with Gasteiger partial charge in [0.15, 0.2) is 15.9 Å². The summed E-state index contributed by atoms with van der Waals surface area (Å²) in [7, 11) is -4.10. The predicted octanol–water partition coefficient (Wildman–Crippen LogP) is 8.44. The number of fused-ring (bicyclic) bond motifs is 1. The molecule has 3 atom stereocenters. The van der Waals surface area contributed by atoms with Crippen molar-refractivity contribution in [3.05, 3.63) is 95.1 Å². The lowest BCUT2D eigenvalue weighted by Gasteiger charge is -2.41. The molecule has 1 aromatic heterocycles. The molecule has 1 N–H and O–H groups in total. The molecule has 284 valence electrons. The van der Waals surface area contributed by atoms with E-state index in [1.54, 1.807) is 6.07 Å². The Morgan fingerprint density at radius 1 is 0.925 bits per heavy atom. The Kier molecular flexibility index (Phi) is 11.0. The molecule has 0 bridgehead atoms. The summed E-state index contributed by atoms with van der Waals surface area (Å²) in [6.07, 6.45) is -6.66. The molecule has 2 saturated heterocycles. The molecular weight excluding hydrogens is 719 g/mol. The van der Waals surface area contributed by atoms with Crippen molar-refractivity contribution in [2.75, 3.05) is 26.2 Å². The first kappa shape index (κ1) is 38.7. The third kappa shape index (κ3) is 8.09. The zero-order valence-corrected chi connectivity index (χ0v) is 30.5. The second-order valence-corrected chi connectivity index (χ2v) is 16.8. The lowest BCUT2D eigenvalue weighted by atomic mass is 9.90. The number of benzene rings is 3. The average molecular weight is 761 g/mol. The van der Waals surface area contributed by atoms with Crippen LogP contribution in [0.15, 0.2) is 77.7 Å². The topological polar surface area (TPSA) is 82.6 Å². The van der Waals surface area contributed by atoms with Gasteiger partial charge in [0.25, 0.3) is 5.91 Å². The fraction of sp³-hybridized carbons (Fsp3) is 0.436. The van der Waals surface area contributed by atoms with Gasteiger partial charge in [-0.1, -0.05) is 61.5 Å². The van der Waals surface area contributed by atoms with Crippen molar-refractivity contribution in [2.45, 2.75) is 81.2 Å². The molecular formula is C39H42F6N4O3S. The van der Waals surface area contributed by atoms with E-state index in [9.17, 15) is 39.6 Å². The van der Waals surface area contributed by atoms with Crippen LogP contribution < -0.4 is 5.32 Å². The summed E-state index contributed by atoms with van der Waals surface area (Å²) in [6.45, 7) is 8.09. The van der Waals surface area contributed by atoms with Crippen molar-refractivity contribution in [3.63, 3.8) is 0 Å². The molecule has 0 radical (unpaired) electrons. The molecule has 4 aromatic rings. The first-order chi connectivity index (χ1) is 25.0. The summed E-state index contributed by atoms with van der Waals surface area (Å²) >= 11 is 0. The molecule has 6 rings (SSSR count). The van der Waals surface area contributed by atoms with Crippen LogP contribution in [-0.2, 0) is 22.6 Å². The molecule has 14 heteroatoms. The third-order valence-electron chi connectivity index (χ3n) is 10.4. The van der Waals surface area contributed by atoms with Gasteiger partial charge in [0.2, 0.25) is 0 Å². The first-order valence-corrected chi connectivity index (χ1v) is 19.3. The molecule has 2 aliphatic heterocycles. The number of nitrogens with zero attached hydrogens (tertiary/aromatic N) is 3. The van der Waals surface area contributed by atoms with Gasteiger partial charge in [0.1, 0.15) is 0 Å². The van der Waals surface area contributed by atoms with Crippen LogP contribution >= 0.6 is 0 Å². The highest BCUT2D eigenvalue weighted by atomic mass is 32.2. The molecule has 0 spiro atoms. The number of amides is 1. The van der Waals surface area contributed by atoms with Crippen LogP contribution in [0.5, 0.6) is 0 Å². The summed E-state index contributed by atoms with van der Waals surface area (Å²) < 4.78 is 114. The van der Waals surface area contributed by atoms with Gasteiger partial charge in [-0.2, -0.15) is 26.3 Å². The van der Waals surface area contributed by atoms with Crippen LogP contribution in [0.25, 0.3) is 22.2 Å². The Labute approximate surface area is 305 Å². The molecule has 3 heterocycles. The van der Waals surface area contributed by atoms with Gasteiger partial charge in [-0.25, -0.2) is 13.4 Å². The van der Waals surface area contributed by atoms with Crippen LogP contribution in [0.1, 0.15) is 73.1 Å². The summed E-state index contributed by atoms with van der Waals surface area (Å²) in [6, 6.07) is 13.1. The van der Waals surface area contributed by atoms with Crippen LogP contribution in [0.3, 0.4) is 0 Å². The fourth-order valence-corrected chi connectivity index (χ4v) is 8.88. The van der Waals surface area contributed by atoms with E-state index in [1.165, 1.54) is 68.4 Å². The van der Waals surface area contributed by atoms with Crippen molar-refractivity contribution >= 4 is 26.6 Å². The smallest absolute Gasteiger partial charge is 0.337 e. The molecule has 2 aliphatic rings. The SMILES string of the molecule is CC1CN(Cc2c(-c3cccc(C(F)(F)F)c3)nc3c(S(=O)(=O)C(C)C)cccc3c2C(=O)N[C@H](c2ccccc2)C(F)(F)F)CCC1N1CCCC1. The number of aromatic nitrogens is 1. The largest absolute Gasteiger partial charge is 0.416 e. The van der Waals surface area contributed by atoms with E-state index >= 15 is 0 Å². The Morgan fingerprint density at radius 2 is 1.60 bits per heavy atom. The number of hydrogen-bond acceptors (Lipinski definition) is 6. The monoisotopic (exact) mass is 760 g/mol. The number of carbonyl (C=O) groups is 1. The number of likely N-dealkylation sites (tertiary alicyclic amines) is 2. The highest BCUT2D eigenvalue weighted by molar-refractivity contribution is 7.92. The number of rotatable bonds is 9. The maximum absolute atomic E-state index is 14.7. The predicted molar refractivity (Wildman–Crippen MR) is 191 cm³/mol. The first-order valence-electron chi connectivity index (χ1n) is 17.7. The number of pyridine rings is 1. The highest BCUT2D eigenvalue weighted by Crippen LogP contribution is 2.40. The van der Waals surface area contributed by atoms with E-state index in [-0.39, 0.29) is 56.2 Å². The second-order valence-electron chi connectivity index (χ2n) is 14.3. The van der Waals surface area contributed by atoms with Crippen LogP contribution in [-0.4, -0.2) is 72.8 Å². The molecule has 2 unspecified atom stereocenters. The Hall–Kier alpha value is -4.01. The van der Waals surface area contributed by atoms with Crippen molar-refractivity contribution in [1.82, 2.24) is 20.1 Å². The van der Waals surface area contributed by atoms with Crippen molar-refractivity contribution in [1.29, 1.82) is 0 Å². The summed E-state index contributed by atoms with van der Waals surface area (Å²) in [4.78, 5) is 23.5. The summed E-state index contributed by atoms with van der Waals surface area (Å²) in [5.41, 5.74) is -1.79. The van der Waals surface area contributed by atoms with Gasteiger partial charge in [0.05, 0.1) is 32.5 Å². The zero-order chi connectivity index (χ0) is 38.3. The number of sulfone groups is 1. The number of nitrogens with one attached hydrogen (secondary N) is 1. The van der Waals surface area contributed by atoms with E-state index in [0.717, 1.165) is 44.5 Å². The molecule has 2 fully saturated rings. The third-order valence-corrected chi connectivity index (χ3v) is 12.6. The number of carbonyl (C=O) groups excluding carboxylic acids is 1. The van der Waals surface area contributed by atoms with Gasteiger partial charge < -0.3 is 10.2 Å². The summed E-state index contributed by atoms with van der Waals surface area (Å²) in [5, 5.41) is 1.19. The Bertz CT molecular complexity index is 2070. The number of para-hydroxylation sites is 1. The van der Waals surface area contributed by atoms with Gasteiger partial charge >= 0.3 is 12.4 Å². The molecule has 0 saturated carbocycles. The van der Waals surface area contributed by atoms with Crippen LogP contribution in [0, 0.1) is 5.92 Å². The highest BCUT2D eigenvalue weighted by Gasteiger charge is 2.43. The van der Waals surface area contributed by atoms with Crippen molar-refractivity contribution < 1.29 is 39.6 Å². The molecule has 1 amide bonds. The van der Waals surface area contributed by atoms with Crippen LogP contribution in [0.4, 0.5) is 26.3 Å². The Morgan fingerprint density at radius 3 is 2.23 bits per heavy atom.